The van der Waals surface area contributed by atoms with Gasteiger partial charge in [0.15, 0.2) is 9.84 Å². The molecule has 0 saturated heterocycles. The average Bonchev–Trinajstić information content (AvgIpc) is 2.15. The second kappa shape index (κ2) is 4.09. The fraction of sp³-hybridized carbons (Fsp3) is 0.500. The summed E-state index contributed by atoms with van der Waals surface area (Å²) in [6, 6.07) is 5.24. The predicted octanol–water partition coefficient (Wildman–Crippen LogP) is 2.58. The van der Waals surface area contributed by atoms with E-state index in [9.17, 15) is 8.42 Å². The number of sulfone groups is 1. The lowest BCUT2D eigenvalue weighted by atomic mass is 10.2. The third kappa shape index (κ3) is 2.07. The second-order valence-electron chi connectivity index (χ2n) is 4.72. The molecule has 0 spiro atoms. The molecule has 0 heterocycles. The number of ether oxygens (including phenoxy) is 1. The highest BCUT2D eigenvalue weighted by Crippen LogP contribution is 2.34. The topological polar surface area (TPSA) is 43.4 Å². The molecular formula is C12H18O3S. The van der Waals surface area contributed by atoms with E-state index in [1.54, 1.807) is 45.9 Å². The maximum absolute atomic E-state index is 12.4. The van der Waals surface area contributed by atoms with Gasteiger partial charge in [0.05, 0.1) is 11.9 Å². The summed E-state index contributed by atoms with van der Waals surface area (Å²) in [4.78, 5) is 0.296. The van der Waals surface area contributed by atoms with Crippen LogP contribution in [-0.4, -0.2) is 20.3 Å². The number of hydrogen-bond donors (Lipinski definition) is 0. The minimum Gasteiger partial charge on any atom is -0.495 e. The van der Waals surface area contributed by atoms with Crippen LogP contribution in [-0.2, 0) is 9.84 Å². The summed E-state index contributed by atoms with van der Waals surface area (Å²) in [6.07, 6.45) is 0. The van der Waals surface area contributed by atoms with Crippen LogP contribution in [0.1, 0.15) is 26.3 Å². The van der Waals surface area contributed by atoms with Crippen molar-refractivity contribution in [3.63, 3.8) is 0 Å². The minimum atomic E-state index is -3.37. The molecule has 0 aliphatic rings. The van der Waals surface area contributed by atoms with Crippen LogP contribution in [0.5, 0.6) is 5.75 Å². The summed E-state index contributed by atoms with van der Waals surface area (Å²) in [5, 5.41) is 0. The van der Waals surface area contributed by atoms with E-state index in [0.29, 0.717) is 16.2 Å². The fourth-order valence-corrected chi connectivity index (χ4v) is 2.96. The summed E-state index contributed by atoms with van der Waals surface area (Å²) in [7, 11) is -1.89. The lowest BCUT2D eigenvalue weighted by Gasteiger charge is -2.22. The van der Waals surface area contributed by atoms with Gasteiger partial charge in [-0.2, -0.15) is 0 Å². The molecule has 0 amide bonds. The van der Waals surface area contributed by atoms with Crippen LogP contribution in [0.25, 0.3) is 0 Å². The molecule has 4 heteroatoms. The van der Waals surface area contributed by atoms with Gasteiger partial charge in [-0.15, -0.1) is 0 Å². The molecular weight excluding hydrogens is 224 g/mol. The Kier molecular flexibility index (Phi) is 3.33. The highest BCUT2D eigenvalue weighted by Gasteiger charge is 2.34. The molecule has 16 heavy (non-hydrogen) atoms. The van der Waals surface area contributed by atoms with Crippen molar-refractivity contribution in [3.05, 3.63) is 23.8 Å². The molecule has 0 bridgehead atoms. The third-order valence-corrected chi connectivity index (χ3v) is 5.14. The van der Waals surface area contributed by atoms with Crippen molar-refractivity contribution >= 4 is 9.84 Å². The van der Waals surface area contributed by atoms with E-state index < -0.39 is 14.6 Å². The third-order valence-electron chi connectivity index (χ3n) is 2.47. The van der Waals surface area contributed by atoms with Gasteiger partial charge in [-0.05, 0) is 39.3 Å². The van der Waals surface area contributed by atoms with E-state index in [-0.39, 0.29) is 0 Å². The molecule has 90 valence electrons. The smallest absolute Gasteiger partial charge is 0.187 e. The first-order valence-corrected chi connectivity index (χ1v) is 6.58. The van der Waals surface area contributed by atoms with Crippen molar-refractivity contribution in [2.45, 2.75) is 37.3 Å². The molecule has 0 saturated carbocycles. The van der Waals surface area contributed by atoms with Gasteiger partial charge in [-0.25, -0.2) is 8.42 Å². The van der Waals surface area contributed by atoms with Crippen LogP contribution in [0, 0.1) is 6.92 Å². The lowest BCUT2D eigenvalue weighted by molar-refractivity contribution is 0.401. The molecule has 0 aromatic heterocycles. The predicted molar refractivity (Wildman–Crippen MR) is 64.7 cm³/mol. The first-order chi connectivity index (χ1) is 7.21. The van der Waals surface area contributed by atoms with Crippen LogP contribution in [0.15, 0.2) is 23.1 Å². The van der Waals surface area contributed by atoms with Crippen molar-refractivity contribution in [1.29, 1.82) is 0 Å². The Labute approximate surface area is 97.4 Å². The zero-order valence-corrected chi connectivity index (χ0v) is 11.2. The number of rotatable bonds is 2. The monoisotopic (exact) mass is 242 g/mol. The van der Waals surface area contributed by atoms with E-state index in [0.717, 1.165) is 0 Å². The summed E-state index contributed by atoms with van der Waals surface area (Å²) < 4.78 is 29.1. The zero-order chi connectivity index (χ0) is 12.6. The number of aryl methyl sites for hydroxylation is 1. The number of hydrogen-bond acceptors (Lipinski definition) is 3. The minimum absolute atomic E-state index is 0.296. The van der Waals surface area contributed by atoms with Gasteiger partial charge in [-0.3, -0.25) is 0 Å². The Morgan fingerprint density at radius 1 is 1.19 bits per heavy atom. The number of methoxy groups -OCH3 is 1. The van der Waals surface area contributed by atoms with Crippen molar-refractivity contribution in [2.75, 3.05) is 7.11 Å². The Bertz CT molecular complexity index is 481. The Balaban J connectivity index is 3.57. The van der Waals surface area contributed by atoms with Gasteiger partial charge in [-0.1, -0.05) is 12.1 Å². The van der Waals surface area contributed by atoms with Crippen LogP contribution < -0.4 is 4.74 Å². The summed E-state index contributed by atoms with van der Waals surface area (Å²) in [5.74, 6) is 0.412. The molecule has 0 unspecified atom stereocenters. The second-order valence-corrected chi connectivity index (χ2v) is 7.36. The van der Waals surface area contributed by atoms with Crippen molar-refractivity contribution < 1.29 is 13.2 Å². The van der Waals surface area contributed by atoms with Gasteiger partial charge in [0.1, 0.15) is 10.6 Å². The van der Waals surface area contributed by atoms with Crippen molar-refractivity contribution in [2.24, 2.45) is 0 Å². The van der Waals surface area contributed by atoms with Crippen LogP contribution in [0.3, 0.4) is 0 Å². The summed E-state index contributed by atoms with van der Waals surface area (Å²) >= 11 is 0. The average molecular weight is 242 g/mol. The Morgan fingerprint density at radius 2 is 1.75 bits per heavy atom. The van der Waals surface area contributed by atoms with E-state index in [2.05, 4.69) is 0 Å². The van der Waals surface area contributed by atoms with Gasteiger partial charge < -0.3 is 4.74 Å². The van der Waals surface area contributed by atoms with Crippen LogP contribution in [0.2, 0.25) is 0 Å². The normalized spacial score (nSPS) is 12.6. The van der Waals surface area contributed by atoms with E-state index in [1.165, 1.54) is 7.11 Å². The fourth-order valence-electron chi connectivity index (χ4n) is 1.44. The zero-order valence-electron chi connectivity index (χ0n) is 10.4. The van der Waals surface area contributed by atoms with E-state index in [1.807, 2.05) is 0 Å². The molecule has 0 atom stereocenters. The van der Waals surface area contributed by atoms with E-state index in [4.69, 9.17) is 4.74 Å². The highest BCUT2D eigenvalue weighted by molar-refractivity contribution is 7.93. The first kappa shape index (κ1) is 13.0. The van der Waals surface area contributed by atoms with Crippen LogP contribution in [0.4, 0.5) is 0 Å². The molecule has 0 radical (unpaired) electrons. The molecule has 0 N–H and O–H groups in total. The van der Waals surface area contributed by atoms with Crippen LogP contribution >= 0.6 is 0 Å². The Hall–Kier alpha value is -1.03. The lowest BCUT2D eigenvalue weighted by Crippen LogP contribution is -2.28. The largest absolute Gasteiger partial charge is 0.495 e. The molecule has 1 rings (SSSR count). The maximum atomic E-state index is 12.4. The summed E-state index contributed by atoms with van der Waals surface area (Å²) in [6.45, 7) is 6.85. The maximum Gasteiger partial charge on any atom is 0.187 e. The standard InChI is InChI=1S/C12H18O3S/c1-9-7-6-8-10(15-5)11(9)16(13,14)12(2,3)4/h6-8H,1-5H3. The number of benzene rings is 1. The van der Waals surface area contributed by atoms with Gasteiger partial charge in [0, 0.05) is 0 Å². The molecule has 0 aliphatic heterocycles. The molecule has 0 fully saturated rings. The van der Waals surface area contributed by atoms with Crippen molar-refractivity contribution in [1.82, 2.24) is 0 Å². The SMILES string of the molecule is COc1cccc(C)c1S(=O)(=O)C(C)(C)C. The Morgan fingerprint density at radius 3 is 2.19 bits per heavy atom. The van der Waals surface area contributed by atoms with Gasteiger partial charge in [0.2, 0.25) is 0 Å². The molecule has 0 aliphatic carbocycles. The van der Waals surface area contributed by atoms with Gasteiger partial charge in [0.25, 0.3) is 0 Å². The molecule has 1 aromatic rings. The van der Waals surface area contributed by atoms with Gasteiger partial charge >= 0.3 is 0 Å². The molecule has 3 nitrogen and oxygen atoms in total. The quantitative estimate of drug-likeness (QED) is 0.800. The van der Waals surface area contributed by atoms with E-state index >= 15 is 0 Å². The highest BCUT2D eigenvalue weighted by atomic mass is 32.2. The first-order valence-electron chi connectivity index (χ1n) is 5.10. The molecule has 1 aromatic carbocycles. The van der Waals surface area contributed by atoms with Crippen molar-refractivity contribution in [3.8, 4) is 5.75 Å². The summed E-state index contributed by atoms with van der Waals surface area (Å²) in [5.41, 5.74) is 0.717.